The van der Waals surface area contributed by atoms with Gasteiger partial charge in [0.2, 0.25) is 0 Å². The van der Waals surface area contributed by atoms with Gasteiger partial charge in [-0.05, 0) is 31.0 Å². The molecule has 1 saturated carbocycles. The summed E-state index contributed by atoms with van der Waals surface area (Å²) in [5.41, 5.74) is 1.30. The monoisotopic (exact) mass is 272 g/mol. The van der Waals surface area contributed by atoms with Crippen LogP contribution < -0.4 is 5.32 Å². The molecular weight excluding hydrogens is 256 g/mol. The lowest BCUT2D eigenvalue weighted by Gasteiger charge is -2.22. The van der Waals surface area contributed by atoms with Gasteiger partial charge in [-0.2, -0.15) is 0 Å². The smallest absolute Gasteiger partial charge is 0.322 e. The first-order chi connectivity index (χ1) is 9.60. The molecule has 0 radical (unpaired) electrons. The Morgan fingerprint density at radius 1 is 1.45 bits per heavy atom. The highest BCUT2D eigenvalue weighted by atomic mass is 16.4. The largest absolute Gasteiger partial charge is 0.481 e. The first-order valence-corrected chi connectivity index (χ1v) is 6.46. The minimum Gasteiger partial charge on any atom is -0.481 e. The zero-order valence-corrected chi connectivity index (χ0v) is 11.0. The number of aliphatic carboxylic acids is 1. The predicted octanol–water partition coefficient (Wildman–Crippen LogP) is 2.14. The molecular formula is C15H16N2O3. The minimum absolute atomic E-state index is 0.0473. The molecule has 0 heterocycles. The third-order valence-electron chi connectivity index (χ3n) is 3.10. The van der Waals surface area contributed by atoms with Crippen molar-refractivity contribution in [2.75, 3.05) is 11.9 Å². The highest BCUT2D eigenvalue weighted by Gasteiger charge is 2.32. The van der Waals surface area contributed by atoms with Crippen LogP contribution in [-0.4, -0.2) is 34.6 Å². The molecule has 0 aliphatic heterocycles. The van der Waals surface area contributed by atoms with Gasteiger partial charge in [-0.3, -0.25) is 4.79 Å². The number of hydrogen-bond acceptors (Lipinski definition) is 2. The normalized spacial score (nSPS) is 13.3. The highest BCUT2D eigenvalue weighted by molar-refractivity contribution is 5.90. The number of anilines is 1. The Bertz CT molecular complexity index is 558. The minimum atomic E-state index is -0.905. The van der Waals surface area contributed by atoms with Crippen LogP contribution >= 0.6 is 0 Å². The van der Waals surface area contributed by atoms with E-state index >= 15 is 0 Å². The van der Waals surface area contributed by atoms with Gasteiger partial charge in [-0.25, -0.2) is 4.79 Å². The first-order valence-electron chi connectivity index (χ1n) is 6.46. The van der Waals surface area contributed by atoms with Crippen molar-refractivity contribution >= 4 is 17.7 Å². The zero-order valence-electron chi connectivity index (χ0n) is 11.0. The average Bonchev–Trinajstić information content (AvgIpc) is 3.23. The van der Waals surface area contributed by atoms with Crippen LogP contribution in [-0.2, 0) is 4.79 Å². The molecule has 20 heavy (non-hydrogen) atoms. The SMILES string of the molecule is C#Cc1cccc(NC(=O)N(CCC(=O)O)C2CC2)c1. The van der Waals surface area contributed by atoms with Gasteiger partial charge < -0.3 is 15.3 Å². The number of carbonyl (C=O) groups excluding carboxylic acids is 1. The summed E-state index contributed by atoms with van der Waals surface area (Å²) in [6.45, 7) is 0.223. The van der Waals surface area contributed by atoms with E-state index in [1.807, 2.05) is 0 Å². The number of rotatable bonds is 5. The van der Waals surface area contributed by atoms with E-state index in [1.165, 1.54) is 0 Å². The van der Waals surface area contributed by atoms with E-state index in [2.05, 4.69) is 11.2 Å². The molecule has 2 amide bonds. The van der Waals surface area contributed by atoms with Gasteiger partial charge in [-0.15, -0.1) is 6.42 Å². The van der Waals surface area contributed by atoms with Crippen LogP contribution in [0.15, 0.2) is 24.3 Å². The number of carboxylic acid groups (broad SMARTS) is 1. The van der Waals surface area contributed by atoms with Crippen molar-refractivity contribution in [3.05, 3.63) is 29.8 Å². The lowest BCUT2D eigenvalue weighted by atomic mass is 10.2. The fourth-order valence-electron chi connectivity index (χ4n) is 1.93. The number of nitrogens with one attached hydrogen (secondary N) is 1. The van der Waals surface area contributed by atoms with Crippen LogP contribution in [0.4, 0.5) is 10.5 Å². The number of benzene rings is 1. The van der Waals surface area contributed by atoms with Crippen LogP contribution in [0.5, 0.6) is 0 Å². The second-order valence-electron chi connectivity index (χ2n) is 4.72. The van der Waals surface area contributed by atoms with Crippen molar-refractivity contribution in [3.63, 3.8) is 0 Å². The topological polar surface area (TPSA) is 69.6 Å². The van der Waals surface area contributed by atoms with E-state index in [0.29, 0.717) is 11.3 Å². The zero-order chi connectivity index (χ0) is 14.5. The molecule has 2 rings (SSSR count). The van der Waals surface area contributed by atoms with E-state index in [1.54, 1.807) is 29.2 Å². The number of carboxylic acids is 1. The maximum atomic E-state index is 12.2. The Morgan fingerprint density at radius 3 is 2.80 bits per heavy atom. The van der Waals surface area contributed by atoms with E-state index < -0.39 is 5.97 Å². The lowest BCUT2D eigenvalue weighted by molar-refractivity contribution is -0.137. The second-order valence-corrected chi connectivity index (χ2v) is 4.72. The molecule has 0 atom stereocenters. The van der Waals surface area contributed by atoms with Gasteiger partial charge in [0.15, 0.2) is 0 Å². The Balaban J connectivity index is 2.00. The van der Waals surface area contributed by atoms with Crippen molar-refractivity contribution in [1.29, 1.82) is 0 Å². The molecule has 0 bridgehead atoms. The van der Waals surface area contributed by atoms with Crippen molar-refractivity contribution in [2.45, 2.75) is 25.3 Å². The van der Waals surface area contributed by atoms with Crippen LogP contribution in [0.25, 0.3) is 0 Å². The standard InChI is InChI=1S/C15H16N2O3/c1-2-11-4-3-5-12(10-11)16-15(20)17(13-6-7-13)9-8-14(18)19/h1,3-5,10,13H,6-9H2,(H,16,20)(H,18,19). The Kier molecular flexibility index (Phi) is 4.26. The van der Waals surface area contributed by atoms with E-state index in [4.69, 9.17) is 11.5 Å². The number of urea groups is 1. The fraction of sp³-hybridized carbons (Fsp3) is 0.333. The summed E-state index contributed by atoms with van der Waals surface area (Å²) < 4.78 is 0. The second kappa shape index (κ2) is 6.11. The Labute approximate surface area is 117 Å². The molecule has 5 nitrogen and oxygen atoms in total. The molecule has 5 heteroatoms. The molecule has 1 fully saturated rings. The van der Waals surface area contributed by atoms with Gasteiger partial charge in [0.05, 0.1) is 6.42 Å². The predicted molar refractivity (Wildman–Crippen MR) is 75.4 cm³/mol. The summed E-state index contributed by atoms with van der Waals surface area (Å²) in [4.78, 5) is 24.4. The van der Waals surface area contributed by atoms with Gasteiger partial charge in [-0.1, -0.05) is 12.0 Å². The fourth-order valence-corrected chi connectivity index (χ4v) is 1.93. The van der Waals surface area contributed by atoms with Crippen molar-refractivity contribution in [3.8, 4) is 12.3 Å². The molecule has 1 aliphatic rings. The van der Waals surface area contributed by atoms with Crippen LogP contribution in [0.2, 0.25) is 0 Å². The molecule has 2 N–H and O–H groups in total. The van der Waals surface area contributed by atoms with E-state index in [-0.39, 0.29) is 25.0 Å². The molecule has 1 aromatic rings. The number of amides is 2. The first kappa shape index (κ1) is 13.9. The van der Waals surface area contributed by atoms with Gasteiger partial charge in [0.1, 0.15) is 0 Å². The Hall–Kier alpha value is -2.48. The van der Waals surface area contributed by atoms with Gasteiger partial charge in [0, 0.05) is 23.8 Å². The van der Waals surface area contributed by atoms with Crippen LogP contribution in [0, 0.1) is 12.3 Å². The summed E-state index contributed by atoms with van der Waals surface area (Å²) in [7, 11) is 0. The summed E-state index contributed by atoms with van der Waals surface area (Å²) in [5.74, 6) is 1.60. The number of carbonyl (C=O) groups is 2. The summed E-state index contributed by atoms with van der Waals surface area (Å²) in [6, 6.07) is 6.89. The molecule has 1 aliphatic carbocycles. The maximum absolute atomic E-state index is 12.2. The third-order valence-corrected chi connectivity index (χ3v) is 3.10. The summed E-state index contributed by atoms with van der Waals surface area (Å²) in [6.07, 6.45) is 7.12. The molecule has 104 valence electrons. The average molecular weight is 272 g/mol. The van der Waals surface area contributed by atoms with Crippen molar-refractivity contribution in [1.82, 2.24) is 4.90 Å². The number of terminal acetylenes is 1. The summed E-state index contributed by atoms with van der Waals surface area (Å²) >= 11 is 0. The van der Waals surface area contributed by atoms with E-state index in [9.17, 15) is 9.59 Å². The van der Waals surface area contributed by atoms with Gasteiger partial charge in [0.25, 0.3) is 0 Å². The number of hydrogen-bond donors (Lipinski definition) is 2. The van der Waals surface area contributed by atoms with Crippen LogP contribution in [0.3, 0.4) is 0 Å². The Morgan fingerprint density at radius 2 is 2.20 bits per heavy atom. The third kappa shape index (κ3) is 3.75. The van der Waals surface area contributed by atoms with Crippen molar-refractivity contribution in [2.24, 2.45) is 0 Å². The quantitative estimate of drug-likeness (QED) is 0.807. The molecule has 0 spiro atoms. The van der Waals surface area contributed by atoms with Gasteiger partial charge >= 0.3 is 12.0 Å². The lowest BCUT2D eigenvalue weighted by Crippen LogP contribution is -2.38. The molecule has 0 unspecified atom stereocenters. The van der Waals surface area contributed by atoms with Crippen LogP contribution in [0.1, 0.15) is 24.8 Å². The van der Waals surface area contributed by atoms with E-state index in [0.717, 1.165) is 12.8 Å². The van der Waals surface area contributed by atoms with Crippen molar-refractivity contribution < 1.29 is 14.7 Å². The molecule has 1 aromatic carbocycles. The highest BCUT2D eigenvalue weighted by Crippen LogP contribution is 2.27. The maximum Gasteiger partial charge on any atom is 0.322 e. The number of nitrogens with zero attached hydrogens (tertiary/aromatic N) is 1. The molecule has 0 aromatic heterocycles. The summed E-state index contributed by atoms with van der Waals surface area (Å²) in [5, 5.41) is 11.5. The molecule has 0 saturated heterocycles.